The van der Waals surface area contributed by atoms with Crippen LogP contribution in [0, 0.1) is 23.7 Å². The lowest BCUT2D eigenvalue weighted by Gasteiger charge is -2.27. The minimum Gasteiger partial charge on any atom is -0.399 e. The minimum absolute atomic E-state index is 0.227. The van der Waals surface area contributed by atoms with E-state index in [1.54, 1.807) is 0 Å². The molecule has 4 aliphatic rings. The van der Waals surface area contributed by atoms with E-state index in [9.17, 15) is 16.8 Å². The number of nitrogens with zero attached hydrogens (tertiary/aromatic N) is 2. The van der Waals surface area contributed by atoms with Gasteiger partial charge in [-0.15, -0.1) is 0 Å². The molecule has 2 aliphatic carbocycles. The number of benzene rings is 4. The van der Waals surface area contributed by atoms with E-state index in [-0.39, 0.29) is 5.41 Å². The Morgan fingerprint density at radius 1 is 0.632 bits per heavy atom. The summed E-state index contributed by atoms with van der Waals surface area (Å²) in [4.78, 5) is 5.29. The molecule has 0 radical (unpaired) electrons. The molecule has 0 aromatic heterocycles. The molecule has 4 aromatic rings. The van der Waals surface area contributed by atoms with E-state index >= 15 is 0 Å². The third kappa shape index (κ3) is 10.8. The maximum atomic E-state index is 11.6. The number of likely N-dealkylation sites (tertiary alicyclic amines) is 2. The number of aryl methyl sites for hydroxylation is 2. The van der Waals surface area contributed by atoms with E-state index in [1.165, 1.54) is 73.8 Å². The van der Waals surface area contributed by atoms with Crippen LogP contribution in [0.1, 0.15) is 61.8 Å². The number of nitrogen functional groups attached to an aromatic ring is 1. The van der Waals surface area contributed by atoms with Crippen molar-refractivity contribution in [2.75, 3.05) is 62.2 Å². The Morgan fingerprint density at radius 3 is 1.42 bits per heavy atom. The van der Waals surface area contributed by atoms with Crippen LogP contribution in [0.5, 0.6) is 0 Å². The number of halogens is 1. The second kappa shape index (κ2) is 18.2. The Labute approximate surface area is 346 Å². The van der Waals surface area contributed by atoms with Crippen LogP contribution in [0.25, 0.3) is 0 Å². The van der Waals surface area contributed by atoms with Crippen LogP contribution in [0.15, 0.2) is 109 Å². The van der Waals surface area contributed by atoms with E-state index in [4.69, 9.17) is 5.73 Å². The van der Waals surface area contributed by atoms with Crippen LogP contribution in [0.4, 0.5) is 11.4 Å². The summed E-state index contributed by atoms with van der Waals surface area (Å²) in [6.07, 6.45) is 9.29. The Hall–Kier alpha value is -3.41. The average Bonchev–Trinajstić information content (AvgIpc) is 3.75. The molecule has 8 nitrogen and oxygen atoms in total. The lowest BCUT2D eigenvalue weighted by atomic mass is 9.87. The number of anilines is 2. The number of nitrogens with one attached hydrogen (secondary N) is 1. The first-order chi connectivity index (χ1) is 27.2. The lowest BCUT2D eigenvalue weighted by Crippen LogP contribution is -2.31. The Morgan fingerprint density at radius 2 is 1.04 bits per heavy atom. The molecule has 11 heteroatoms. The Kier molecular flexibility index (Phi) is 13.8. The second-order valence-corrected chi connectivity index (χ2v) is 21.5. The molecule has 8 rings (SSSR count). The number of hydrogen-bond donors (Lipinski definition) is 2. The molecule has 2 saturated carbocycles. The zero-order valence-electron chi connectivity index (χ0n) is 34.0. The summed E-state index contributed by atoms with van der Waals surface area (Å²) in [7, 11) is -1.94. The summed E-state index contributed by atoms with van der Waals surface area (Å²) in [5, 5.41) is 0. The highest BCUT2D eigenvalue weighted by Gasteiger charge is 2.68. The molecular formula is C46H61ClN4O4S2. The van der Waals surface area contributed by atoms with Gasteiger partial charge in [0.1, 0.15) is 0 Å². The molecule has 3 N–H and O–H groups in total. The third-order valence-electron chi connectivity index (χ3n) is 13.1. The average molecular weight is 834 g/mol. The van der Waals surface area contributed by atoms with Gasteiger partial charge in [-0.25, -0.2) is 16.8 Å². The van der Waals surface area contributed by atoms with E-state index in [0.717, 1.165) is 56.3 Å². The van der Waals surface area contributed by atoms with Gasteiger partial charge in [-0.3, -0.25) is 4.72 Å². The maximum absolute atomic E-state index is 11.6. The molecular weight excluding hydrogens is 772 g/mol. The number of nitrogens with two attached hydrogens (primary N) is 1. The van der Waals surface area contributed by atoms with Crippen molar-refractivity contribution in [2.45, 2.75) is 63.2 Å². The first-order valence-corrected chi connectivity index (χ1v) is 25.1. The predicted octanol–water partition coefficient (Wildman–Crippen LogP) is 8.20. The molecule has 0 amide bonds. The van der Waals surface area contributed by atoms with Gasteiger partial charge in [0, 0.05) is 59.1 Å². The Balaban J connectivity index is 0.000000174. The summed E-state index contributed by atoms with van der Waals surface area (Å²) in [6.45, 7) is 11.9. The SMILES string of the molecule is CCC1(c2cccc(N)c2)C2CN(CCCc3ccccc3)CC21.CCC1(c2cccc(NS(C)(=O)=O)c2)C2CN(CCCc3ccccc3)CC21.CS(=O)(=O)Cl. The lowest BCUT2D eigenvalue weighted by molar-refractivity contribution is 0.266. The molecule has 4 aromatic carbocycles. The van der Waals surface area contributed by atoms with Crippen LogP contribution in [-0.2, 0) is 42.7 Å². The fraction of sp³-hybridized carbons (Fsp3) is 0.478. The smallest absolute Gasteiger partial charge is 0.229 e. The number of sulfonamides is 1. The van der Waals surface area contributed by atoms with Crippen LogP contribution in [0.3, 0.4) is 0 Å². The van der Waals surface area contributed by atoms with Crippen LogP contribution >= 0.6 is 10.7 Å². The predicted molar refractivity (Wildman–Crippen MR) is 237 cm³/mol. The van der Waals surface area contributed by atoms with Gasteiger partial charge in [0.05, 0.1) is 12.5 Å². The van der Waals surface area contributed by atoms with Gasteiger partial charge < -0.3 is 15.5 Å². The molecule has 2 heterocycles. The van der Waals surface area contributed by atoms with E-state index in [0.29, 0.717) is 22.9 Å². The largest absolute Gasteiger partial charge is 0.399 e. The summed E-state index contributed by atoms with van der Waals surface area (Å²) >= 11 is 0. The normalized spacial score (nSPS) is 26.3. The zero-order valence-corrected chi connectivity index (χ0v) is 36.4. The van der Waals surface area contributed by atoms with Gasteiger partial charge in [-0.2, -0.15) is 0 Å². The Bertz CT molecular complexity index is 2120. The van der Waals surface area contributed by atoms with E-state index in [2.05, 4.69) is 124 Å². The van der Waals surface area contributed by atoms with Crippen molar-refractivity contribution in [3.63, 3.8) is 0 Å². The van der Waals surface area contributed by atoms with Crippen LogP contribution in [-0.4, -0.2) is 78.4 Å². The van der Waals surface area contributed by atoms with Crippen molar-refractivity contribution in [2.24, 2.45) is 23.7 Å². The summed E-state index contributed by atoms with van der Waals surface area (Å²) in [5.74, 6) is 3.06. The summed E-state index contributed by atoms with van der Waals surface area (Å²) in [5.41, 5.74) is 13.9. The van der Waals surface area contributed by atoms with Gasteiger partial charge in [0.15, 0.2) is 0 Å². The number of rotatable bonds is 14. The van der Waals surface area contributed by atoms with Crippen LogP contribution in [0.2, 0.25) is 0 Å². The van der Waals surface area contributed by atoms with Gasteiger partial charge >= 0.3 is 0 Å². The molecule has 2 aliphatic heterocycles. The topological polar surface area (TPSA) is 113 Å². The van der Waals surface area contributed by atoms with Crippen LogP contribution < -0.4 is 10.5 Å². The van der Waals surface area contributed by atoms with Crippen molar-refractivity contribution < 1.29 is 16.8 Å². The van der Waals surface area contributed by atoms with Gasteiger partial charge in [0.2, 0.25) is 19.1 Å². The van der Waals surface area contributed by atoms with E-state index < -0.39 is 19.1 Å². The minimum atomic E-state index is -3.24. The van der Waals surface area contributed by atoms with Crippen molar-refractivity contribution in [3.05, 3.63) is 131 Å². The van der Waals surface area contributed by atoms with Gasteiger partial charge in [-0.05, 0) is 122 Å². The fourth-order valence-corrected chi connectivity index (χ4v) is 11.1. The second-order valence-electron chi connectivity index (χ2n) is 16.7. The van der Waals surface area contributed by atoms with Gasteiger partial charge in [0.25, 0.3) is 0 Å². The summed E-state index contributed by atoms with van der Waals surface area (Å²) < 4.78 is 44.6. The van der Waals surface area contributed by atoms with Crippen molar-refractivity contribution >= 4 is 41.1 Å². The quantitative estimate of drug-likeness (QED) is 0.0974. The first-order valence-electron chi connectivity index (χ1n) is 20.5. The molecule has 4 atom stereocenters. The zero-order chi connectivity index (χ0) is 40.8. The molecule has 4 fully saturated rings. The third-order valence-corrected chi connectivity index (χ3v) is 13.7. The monoisotopic (exact) mass is 832 g/mol. The summed E-state index contributed by atoms with van der Waals surface area (Å²) in [6, 6.07) is 38.2. The standard InChI is InChI=1S/C23H30N2O2S.C22H28N2.CH3ClO2S/c1-3-23(19-12-7-13-20(15-19)24-28(2,26)27)21-16-25(17-22(21)23)14-8-11-18-9-5-4-6-10-18;1-2-22(18-11-6-12-19(23)14-18)20-15-24(16-21(20)22)13-7-10-17-8-4-3-5-9-17;1-5(2,3)4/h4-7,9-10,12-13,15,21-22,24H,3,8,11,14,16-17H2,1-2H3;3-6,8-9,11-12,14,20-21H,2,7,10,13,15-16,23H2,1H3;1H3. The van der Waals surface area contributed by atoms with E-state index in [1.807, 2.05) is 24.3 Å². The molecule has 4 unspecified atom stereocenters. The number of hydrogen-bond acceptors (Lipinski definition) is 7. The first kappa shape index (κ1) is 43.2. The van der Waals surface area contributed by atoms with Crippen molar-refractivity contribution in [1.29, 1.82) is 0 Å². The maximum Gasteiger partial charge on any atom is 0.229 e. The molecule has 57 heavy (non-hydrogen) atoms. The number of piperidine rings is 2. The molecule has 0 bridgehead atoms. The molecule has 308 valence electrons. The highest BCUT2D eigenvalue weighted by Crippen LogP contribution is 2.66. The van der Waals surface area contributed by atoms with Crippen molar-refractivity contribution in [1.82, 2.24) is 9.80 Å². The highest BCUT2D eigenvalue weighted by molar-refractivity contribution is 8.13. The molecule has 2 saturated heterocycles. The highest BCUT2D eigenvalue weighted by atomic mass is 35.7. The molecule has 0 spiro atoms. The van der Waals surface area contributed by atoms with Crippen molar-refractivity contribution in [3.8, 4) is 0 Å². The fourth-order valence-electron chi connectivity index (χ4n) is 10.5. The number of fused-ring (bicyclic) bond motifs is 2. The van der Waals surface area contributed by atoms with Gasteiger partial charge in [-0.1, -0.05) is 98.8 Å².